The first-order valence-corrected chi connectivity index (χ1v) is 18.4. The van der Waals surface area contributed by atoms with Crippen molar-refractivity contribution in [1.82, 2.24) is 26.2 Å². The van der Waals surface area contributed by atoms with Crippen molar-refractivity contribution in [2.24, 2.45) is 50.3 Å². The predicted molar refractivity (Wildman–Crippen MR) is 202 cm³/mol. The number of guanidine groups is 2. The van der Waals surface area contributed by atoms with E-state index < -0.39 is 77.9 Å². The molecule has 21 nitrogen and oxygen atoms in total. The van der Waals surface area contributed by atoms with Crippen molar-refractivity contribution < 1.29 is 39.0 Å². The highest BCUT2D eigenvalue weighted by Crippen LogP contribution is 2.20. The minimum atomic E-state index is -1.37. The van der Waals surface area contributed by atoms with E-state index in [1.807, 2.05) is 6.92 Å². The molecule has 1 aliphatic heterocycles. The second-order valence-corrected chi connectivity index (χ2v) is 13.5. The number of nitrogens with two attached hydrogens (primary N) is 6. The number of aliphatic carboxylic acids is 1. The van der Waals surface area contributed by atoms with Crippen molar-refractivity contribution in [1.29, 1.82) is 0 Å². The molecule has 0 saturated carbocycles. The number of hydrogen-bond acceptors (Lipinski definition) is 11. The van der Waals surface area contributed by atoms with Crippen molar-refractivity contribution >= 4 is 47.4 Å². The summed E-state index contributed by atoms with van der Waals surface area (Å²) in [4.78, 5) is 88.4. The summed E-state index contributed by atoms with van der Waals surface area (Å²) in [5, 5.41) is 30.5. The molecule has 0 spiro atoms. The van der Waals surface area contributed by atoms with Gasteiger partial charge in [0.2, 0.25) is 29.5 Å². The first kappa shape index (κ1) is 47.3. The molecule has 1 saturated heterocycles. The molecule has 0 bridgehead atoms. The molecule has 18 N–H and O–H groups in total. The van der Waals surface area contributed by atoms with Crippen molar-refractivity contribution in [3.8, 4) is 0 Å². The molecule has 1 fully saturated rings. The van der Waals surface area contributed by atoms with Gasteiger partial charge >= 0.3 is 5.97 Å². The average Bonchev–Trinajstić information content (AvgIpc) is 3.61. The second kappa shape index (κ2) is 24.5. The number of amides is 5. The fourth-order valence-corrected chi connectivity index (χ4v) is 5.74. The standard InChI is InChI=1S/C33H63N13O8/c1-4-18(2)24(35)29(51)45-25(19(3)47)30(52)46-17-9-13-23(46)28(50)43-20(10-5-6-14-34)26(48)42-21(11-7-15-40-32(36)37)27(49)44-22(31(53)54)12-8-16-41-33(38)39/h18-25,47H,4-17,34-35H2,1-3H3,(H,42,48)(H,43,50)(H,44,49)(H,45,51)(H,53,54)(H4,36,37,40)(H4,38,39,41)/t18-,19+,20-,21-,22-,23-,24-,25-/m0/s1. The summed E-state index contributed by atoms with van der Waals surface area (Å²) in [7, 11) is 0. The van der Waals surface area contributed by atoms with Gasteiger partial charge in [-0.1, -0.05) is 20.3 Å². The summed E-state index contributed by atoms with van der Waals surface area (Å²) in [6, 6.07) is -7.07. The lowest BCUT2D eigenvalue weighted by Crippen LogP contribution is -2.60. The van der Waals surface area contributed by atoms with Crippen LogP contribution in [0.3, 0.4) is 0 Å². The van der Waals surface area contributed by atoms with E-state index in [0.29, 0.717) is 32.2 Å². The Balaban J connectivity index is 3.24. The molecular weight excluding hydrogens is 706 g/mol. The molecule has 1 aliphatic rings. The van der Waals surface area contributed by atoms with Gasteiger partial charge in [-0.3, -0.25) is 34.0 Å². The van der Waals surface area contributed by atoms with Crippen LogP contribution in [-0.2, 0) is 28.8 Å². The number of aliphatic hydroxyl groups excluding tert-OH is 1. The third kappa shape index (κ3) is 16.5. The Kier molecular flexibility index (Phi) is 21.5. The normalized spacial score (nSPS) is 17.7. The van der Waals surface area contributed by atoms with Crippen molar-refractivity contribution in [2.45, 2.75) is 127 Å². The predicted octanol–water partition coefficient (Wildman–Crippen LogP) is -4.01. The van der Waals surface area contributed by atoms with Crippen LogP contribution < -0.4 is 55.7 Å². The molecule has 0 unspecified atom stereocenters. The van der Waals surface area contributed by atoms with Crippen LogP contribution in [0.1, 0.15) is 85.0 Å². The number of carbonyl (C=O) groups is 6. The maximum atomic E-state index is 13.8. The third-order valence-electron chi connectivity index (χ3n) is 9.16. The maximum Gasteiger partial charge on any atom is 0.326 e. The zero-order chi connectivity index (χ0) is 41.0. The topological polar surface area (TPSA) is 375 Å². The Morgan fingerprint density at radius 2 is 1.30 bits per heavy atom. The first-order chi connectivity index (χ1) is 25.4. The molecule has 0 aromatic rings. The summed E-state index contributed by atoms with van der Waals surface area (Å²) in [6.45, 7) is 5.72. The molecule has 0 aromatic carbocycles. The van der Waals surface area contributed by atoms with Gasteiger partial charge in [-0.05, 0) is 77.2 Å². The van der Waals surface area contributed by atoms with Gasteiger partial charge in [-0.25, -0.2) is 4.79 Å². The van der Waals surface area contributed by atoms with Crippen LogP contribution in [0.15, 0.2) is 9.98 Å². The summed E-state index contributed by atoms with van der Waals surface area (Å²) in [5.74, 6) is -5.30. The molecule has 0 radical (unpaired) electrons. The number of hydrogen-bond donors (Lipinski definition) is 12. The highest BCUT2D eigenvalue weighted by molar-refractivity contribution is 5.96. The molecule has 1 rings (SSSR count). The summed E-state index contributed by atoms with van der Waals surface area (Å²) < 4.78 is 0. The Bertz CT molecular complexity index is 1310. The molecule has 54 heavy (non-hydrogen) atoms. The van der Waals surface area contributed by atoms with Crippen molar-refractivity contribution in [2.75, 3.05) is 26.2 Å². The number of carboxylic acid groups (broad SMARTS) is 1. The lowest BCUT2D eigenvalue weighted by atomic mass is 9.98. The molecule has 8 atom stereocenters. The Labute approximate surface area is 316 Å². The van der Waals surface area contributed by atoms with E-state index in [1.165, 1.54) is 11.8 Å². The highest BCUT2D eigenvalue weighted by Gasteiger charge is 2.41. The smallest absolute Gasteiger partial charge is 0.326 e. The van der Waals surface area contributed by atoms with Crippen LogP contribution in [0.25, 0.3) is 0 Å². The Morgan fingerprint density at radius 3 is 1.80 bits per heavy atom. The van der Waals surface area contributed by atoms with Gasteiger partial charge in [-0.15, -0.1) is 0 Å². The number of aliphatic imine (C=N–C) groups is 2. The van der Waals surface area contributed by atoms with Gasteiger partial charge in [0.1, 0.15) is 30.2 Å². The molecule has 5 amide bonds. The highest BCUT2D eigenvalue weighted by atomic mass is 16.4. The number of rotatable bonds is 25. The Morgan fingerprint density at radius 1 is 0.778 bits per heavy atom. The van der Waals surface area contributed by atoms with Gasteiger partial charge in [0.05, 0.1) is 12.1 Å². The van der Waals surface area contributed by atoms with E-state index in [9.17, 15) is 39.0 Å². The van der Waals surface area contributed by atoms with Gasteiger partial charge in [0.15, 0.2) is 11.9 Å². The van der Waals surface area contributed by atoms with Crippen molar-refractivity contribution in [3.05, 3.63) is 0 Å². The molecule has 1 heterocycles. The largest absolute Gasteiger partial charge is 0.480 e. The van der Waals surface area contributed by atoms with E-state index in [0.717, 1.165) is 0 Å². The van der Waals surface area contributed by atoms with E-state index >= 15 is 0 Å². The zero-order valence-electron chi connectivity index (χ0n) is 31.7. The van der Waals surface area contributed by atoms with Crippen LogP contribution in [0.2, 0.25) is 0 Å². The number of aliphatic hydroxyl groups is 1. The van der Waals surface area contributed by atoms with Gasteiger partial charge in [-0.2, -0.15) is 0 Å². The first-order valence-electron chi connectivity index (χ1n) is 18.4. The number of unbranched alkanes of at least 4 members (excludes halogenated alkanes) is 1. The van der Waals surface area contributed by atoms with Crippen LogP contribution in [0.5, 0.6) is 0 Å². The number of nitrogens with zero attached hydrogens (tertiary/aromatic N) is 3. The molecule has 0 aliphatic carbocycles. The lowest BCUT2D eigenvalue weighted by molar-refractivity contribution is -0.144. The van der Waals surface area contributed by atoms with Crippen LogP contribution in [-0.4, -0.2) is 131 Å². The third-order valence-corrected chi connectivity index (χ3v) is 9.16. The zero-order valence-corrected chi connectivity index (χ0v) is 31.7. The second-order valence-electron chi connectivity index (χ2n) is 13.5. The van der Waals surface area contributed by atoms with Crippen molar-refractivity contribution in [3.63, 3.8) is 0 Å². The molecule has 0 aromatic heterocycles. The molecular formula is C33H63N13O8. The fourth-order valence-electron chi connectivity index (χ4n) is 5.74. The number of nitrogens with one attached hydrogen (secondary N) is 4. The van der Waals surface area contributed by atoms with Crippen LogP contribution in [0, 0.1) is 5.92 Å². The Hall–Kier alpha value is -4.76. The van der Waals surface area contributed by atoms with E-state index in [2.05, 4.69) is 31.3 Å². The van der Waals surface area contributed by atoms with E-state index in [1.54, 1.807) is 6.92 Å². The summed E-state index contributed by atoms with van der Waals surface area (Å²) in [6.07, 6.45) is 1.53. The van der Waals surface area contributed by atoms with Crippen LogP contribution >= 0.6 is 0 Å². The average molecular weight is 770 g/mol. The fraction of sp³-hybridized carbons (Fsp3) is 0.758. The lowest BCUT2D eigenvalue weighted by Gasteiger charge is -2.32. The summed E-state index contributed by atoms with van der Waals surface area (Å²) >= 11 is 0. The van der Waals surface area contributed by atoms with Gasteiger partial charge in [0, 0.05) is 19.6 Å². The minimum absolute atomic E-state index is 0.00877. The van der Waals surface area contributed by atoms with E-state index in [4.69, 9.17) is 34.4 Å². The summed E-state index contributed by atoms with van der Waals surface area (Å²) in [5.41, 5.74) is 33.2. The minimum Gasteiger partial charge on any atom is -0.480 e. The van der Waals surface area contributed by atoms with Gasteiger partial charge < -0.3 is 70.8 Å². The number of carbonyl (C=O) groups excluding carboxylic acids is 5. The maximum absolute atomic E-state index is 13.8. The SMILES string of the molecule is CC[C@H](C)[C@H](N)C(=O)N[C@H](C(=O)N1CCC[C@H]1C(=O)N[C@@H](CCCCN)C(=O)N[C@@H](CCCN=C(N)N)C(=O)N[C@@H](CCCN=C(N)N)C(=O)O)[C@@H](C)O. The van der Waals surface area contributed by atoms with E-state index in [-0.39, 0.29) is 76.0 Å². The molecule has 308 valence electrons. The molecule has 21 heteroatoms. The quantitative estimate of drug-likeness (QED) is 0.0239. The number of likely N-dealkylation sites (tertiary alicyclic amines) is 1. The van der Waals surface area contributed by atoms with Gasteiger partial charge in [0.25, 0.3) is 0 Å². The van der Waals surface area contributed by atoms with Crippen LogP contribution in [0.4, 0.5) is 0 Å². The number of carboxylic acids is 1. The monoisotopic (exact) mass is 769 g/mol.